The predicted octanol–water partition coefficient (Wildman–Crippen LogP) is 3.68. The molecule has 0 spiro atoms. The molecule has 102 valence electrons. The van der Waals surface area contributed by atoms with Crippen LogP contribution < -0.4 is 5.32 Å². The zero-order chi connectivity index (χ0) is 14.0. The highest BCUT2D eigenvalue weighted by molar-refractivity contribution is 5.28. The number of hydrogen-bond donors (Lipinski definition) is 1. The van der Waals surface area contributed by atoms with E-state index in [0.717, 1.165) is 23.2 Å². The van der Waals surface area contributed by atoms with Crippen molar-refractivity contribution in [3.05, 3.63) is 58.5 Å². The highest BCUT2D eigenvalue weighted by atomic mass is 19.1. The summed E-state index contributed by atoms with van der Waals surface area (Å²) in [7, 11) is 1.81. The van der Waals surface area contributed by atoms with Gasteiger partial charge in [-0.3, -0.25) is 0 Å². The molecule has 0 aliphatic heterocycles. The van der Waals surface area contributed by atoms with Crippen LogP contribution in [-0.2, 0) is 6.42 Å². The van der Waals surface area contributed by atoms with Crippen LogP contribution >= 0.6 is 0 Å². The van der Waals surface area contributed by atoms with Gasteiger partial charge < -0.3 is 9.73 Å². The van der Waals surface area contributed by atoms with E-state index in [1.54, 1.807) is 0 Å². The van der Waals surface area contributed by atoms with E-state index >= 15 is 0 Å². The van der Waals surface area contributed by atoms with E-state index < -0.39 is 11.6 Å². The van der Waals surface area contributed by atoms with Gasteiger partial charge in [0.2, 0.25) is 0 Å². The lowest BCUT2D eigenvalue weighted by atomic mass is 9.99. The number of nitrogens with one attached hydrogen (secondary N) is 1. The number of hydrogen-bond acceptors (Lipinski definition) is 2. The monoisotopic (exact) mass is 265 g/mol. The lowest BCUT2D eigenvalue weighted by Crippen LogP contribution is -2.19. The van der Waals surface area contributed by atoms with Gasteiger partial charge in [-0.05, 0) is 45.0 Å². The summed E-state index contributed by atoms with van der Waals surface area (Å²) in [6.45, 7) is 3.76. The van der Waals surface area contributed by atoms with E-state index in [4.69, 9.17) is 4.42 Å². The number of likely N-dealkylation sites (N-methyl/N-ethyl adjacent to an activating group) is 1. The van der Waals surface area contributed by atoms with Crippen molar-refractivity contribution < 1.29 is 13.2 Å². The van der Waals surface area contributed by atoms with E-state index in [1.165, 1.54) is 12.1 Å². The summed E-state index contributed by atoms with van der Waals surface area (Å²) in [4.78, 5) is 0. The number of rotatable bonds is 4. The molecule has 1 atom stereocenters. The second-order valence-corrected chi connectivity index (χ2v) is 4.65. The summed E-state index contributed by atoms with van der Waals surface area (Å²) in [6.07, 6.45) is 0.447. The van der Waals surface area contributed by atoms with E-state index in [1.807, 2.05) is 27.0 Å². The van der Waals surface area contributed by atoms with Gasteiger partial charge in [-0.15, -0.1) is 0 Å². The van der Waals surface area contributed by atoms with Crippen molar-refractivity contribution in [2.24, 2.45) is 0 Å². The van der Waals surface area contributed by atoms with E-state index in [-0.39, 0.29) is 6.04 Å². The number of benzene rings is 1. The molecule has 2 aromatic rings. The van der Waals surface area contributed by atoms with Crippen LogP contribution in [0.5, 0.6) is 0 Å². The fraction of sp³-hybridized carbons (Fsp3) is 0.333. The third-order valence-corrected chi connectivity index (χ3v) is 3.24. The molecule has 0 amide bonds. The van der Waals surface area contributed by atoms with Gasteiger partial charge in [-0.1, -0.05) is 6.07 Å². The molecule has 0 bridgehead atoms. The van der Waals surface area contributed by atoms with Crippen molar-refractivity contribution in [1.29, 1.82) is 0 Å². The van der Waals surface area contributed by atoms with Crippen molar-refractivity contribution in [1.82, 2.24) is 5.32 Å². The Kier molecular flexibility index (Phi) is 4.00. The number of aryl methyl sites for hydroxylation is 2. The molecule has 0 radical (unpaired) electrons. The first-order chi connectivity index (χ1) is 9.01. The molecule has 2 rings (SSSR count). The maximum absolute atomic E-state index is 13.7. The SMILES string of the molecule is CNC(Cc1ccc(F)cc1F)c1cc(C)oc1C. The summed E-state index contributed by atoms with van der Waals surface area (Å²) < 4.78 is 32.1. The molecular weight excluding hydrogens is 248 g/mol. The first-order valence-corrected chi connectivity index (χ1v) is 6.19. The molecule has 1 unspecified atom stereocenters. The maximum atomic E-state index is 13.7. The van der Waals surface area contributed by atoms with Crippen LogP contribution in [0.25, 0.3) is 0 Å². The Morgan fingerprint density at radius 2 is 1.95 bits per heavy atom. The van der Waals surface area contributed by atoms with Crippen LogP contribution in [-0.4, -0.2) is 7.05 Å². The Balaban J connectivity index is 2.26. The lowest BCUT2D eigenvalue weighted by molar-refractivity contribution is 0.487. The normalized spacial score (nSPS) is 12.7. The zero-order valence-electron chi connectivity index (χ0n) is 11.3. The summed E-state index contributed by atoms with van der Waals surface area (Å²) in [5.41, 5.74) is 1.49. The molecule has 0 aliphatic rings. The third-order valence-electron chi connectivity index (χ3n) is 3.24. The molecule has 0 saturated carbocycles. The van der Waals surface area contributed by atoms with Gasteiger partial charge in [0.25, 0.3) is 0 Å². The topological polar surface area (TPSA) is 25.2 Å². The summed E-state index contributed by atoms with van der Waals surface area (Å²) in [5, 5.41) is 3.14. The van der Waals surface area contributed by atoms with Crippen molar-refractivity contribution in [3.8, 4) is 0 Å². The first kappa shape index (κ1) is 13.7. The highest BCUT2D eigenvalue weighted by Gasteiger charge is 2.17. The zero-order valence-corrected chi connectivity index (χ0v) is 11.3. The van der Waals surface area contributed by atoms with Crippen LogP contribution in [0.1, 0.15) is 28.7 Å². The largest absolute Gasteiger partial charge is 0.466 e. The second kappa shape index (κ2) is 5.53. The molecule has 4 heteroatoms. The van der Waals surface area contributed by atoms with Crippen LogP contribution in [0.15, 0.2) is 28.7 Å². The fourth-order valence-corrected chi connectivity index (χ4v) is 2.27. The van der Waals surface area contributed by atoms with Gasteiger partial charge in [0.05, 0.1) is 0 Å². The molecule has 0 aliphatic carbocycles. The minimum atomic E-state index is -0.558. The van der Waals surface area contributed by atoms with Crippen LogP contribution in [0.2, 0.25) is 0 Å². The summed E-state index contributed by atoms with van der Waals surface area (Å²) in [5.74, 6) is 0.572. The minimum absolute atomic E-state index is 0.0580. The molecule has 0 saturated heterocycles. The molecular formula is C15H17F2NO. The standard InChI is InChI=1S/C15H17F2NO/c1-9-6-13(10(2)19-9)15(18-3)7-11-4-5-12(16)8-14(11)17/h4-6,8,15,18H,7H2,1-3H3. The van der Waals surface area contributed by atoms with Crippen molar-refractivity contribution in [2.45, 2.75) is 26.3 Å². The van der Waals surface area contributed by atoms with Gasteiger partial charge in [-0.25, -0.2) is 8.78 Å². The Labute approximate surface area is 111 Å². The number of halogens is 2. The Hall–Kier alpha value is -1.68. The molecule has 19 heavy (non-hydrogen) atoms. The molecule has 1 aromatic carbocycles. The Morgan fingerprint density at radius 1 is 1.21 bits per heavy atom. The summed E-state index contributed by atoms with van der Waals surface area (Å²) >= 11 is 0. The lowest BCUT2D eigenvalue weighted by Gasteiger charge is -2.16. The Bertz CT molecular complexity index is 578. The number of furan rings is 1. The van der Waals surface area contributed by atoms with Gasteiger partial charge in [0.15, 0.2) is 0 Å². The second-order valence-electron chi connectivity index (χ2n) is 4.65. The summed E-state index contributed by atoms with van der Waals surface area (Å²) in [6, 6.07) is 5.56. The molecule has 1 heterocycles. The van der Waals surface area contributed by atoms with Crippen molar-refractivity contribution in [2.75, 3.05) is 7.05 Å². The van der Waals surface area contributed by atoms with Crippen molar-refractivity contribution in [3.63, 3.8) is 0 Å². The van der Waals surface area contributed by atoms with Crippen LogP contribution in [0.4, 0.5) is 8.78 Å². The van der Waals surface area contributed by atoms with Crippen molar-refractivity contribution >= 4 is 0 Å². The average molecular weight is 265 g/mol. The fourth-order valence-electron chi connectivity index (χ4n) is 2.27. The average Bonchev–Trinajstić information content (AvgIpc) is 2.68. The quantitative estimate of drug-likeness (QED) is 0.912. The molecule has 0 fully saturated rings. The first-order valence-electron chi connectivity index (χ1n) is 6.19. The smallest absolute Gasteiger partial charge is 0.129 e. The van der Waals surface area contributed by atoms with Crippen LogP contribution in [0, 0.1) is 25.5 Å². The maximum Gasteiger partial charge on any atom is 0.129 e. The Morgan fingerprint density at radius 3 is 2.47 bits per heavy atom. The van der Waals surface area contributed by atoms with Gasteiger partial charge in [0.1, 0.15) is 23.2 Å². The minimum Gasteiger partial charge on any atom is -0.466 e. The van der Waals surface area contributed by atoms with E-state index in [2.05, 4.69) is 5.32 Å². The van der Waals surface area contributed by atoms with E-state index in [0.29, 0.717) is 12.0 Å². The van der Waals surface area contributed by atoms with Crippen LogP contribution in [0.3, 0.4) is 0 Å². The van der Waals surface area contributed by atoms with Gasteiger partial charge in [-0.2, -0.15) is 0 Å². The molecule has 1 N–H and O–H groups in total. The predicted molar refractivity (Wildman–Crippen MR) is 70.0 cm³/mol. The van der Waals surface area contributed by atoms with Gasteiger partial charge in [0, 0.05) is 17.7 Å². The van der Waals surface area contributed by atoms with Gasteiger partial charge >= 0.3 is 0 Å². The molecule has 2 nitrogen and oxygen atoms in total. The van der Waals surface area contributed by atoms with E-state index in [9.17, 15) is 8.78 Å². The highest BCUT2D eigenvalue weighted by Crippen LogP contribution is 2.25. The molecule has 1 aromatic heterocycles. The third kappa shape index (κ3) is 3.01.